The Bertz CT molecular complexity index is 1330. The summed E-state index contributed by atoms with van der Waals surface area (Å²) in [5, 5.41) is 18.5. The zero-order chi connectivity index (χ0) is 31.4. The molecule has 2 heterocycles. The first-order chi connectivity index (χ1) is 20.1. The molecule has 8 atom stereocenters. The molecule has 8 unspecified atom stereocenters. The number of carbonyl (C=O) groups is 4. The van der Waals surface area contributed by atoms with E-state index >= 15 is 0 Å². The van der Waals surface area contributed by atoms with E-state index < -0.39 is 23.5 Å². The number of hydrogen-bond acceptors (Lipinski definition) is 6. The van der Waals surface area contributed by atoms with Gasteiger partial charge in [-0.1, -0.05) is 46.8 Å². The Hall–Kier alpha value is -3.61. The highest BCUT2D eigenvalue weighted by atomic mass is 16.2. The van der Waals surface area contributed by atoms with Gasteiger partial charge in [0.05, 0.1) is 6.07 Å². The molecule has 2 saturated carbocycles. The maximum Gasteiger partial charge on any atom is 0.246 e. The zero-order valence-electron chi connectivity index (χ0n) is 26.4. The SMILES string of the molecule is CN(C)c1ccc(C2CC2C(=O)NC(C(=O)N2CC3C(C2C(=O)NC(C#N)CC2CCNC2=O)C3(C)C)C(C)(C)C)cc1. The largest absolute Gasteiger partial charge is 0.378 e. The van der Waals surface area contributed by atoms with Gasteiger partial charge in [0.15, 0.2) is 0 Å². The van der Waals surface area contributed by atoms with Crippen LogP contribution in [0.5, 0.6) is 0 Å². The van der Waals surface area contributed by atoms with Crippen molar-refractivity contribution >= 4 is 29.3 Å². The van der Waals surface area contributed by atoms with Crippen LogP contribution in [0.3, 0.4) is 0 Å². The third kappa shape index (κ3) is 5.96. The predicted molar refractivity (Wildman–Crippen MR) is 163 cm³/mol. The fourth-order valence-corrected chi connectivity index (χ4v) is 7.31. The number of carbonyl (C=O) groups excluding carboxylic acids is 4. The Morgan fingerprint density at radius 1 is 1.14 bits per heavy atom. The third-order valence-corrected chi connectivity index (χ3v) is 10.3. The summed E-state index contributed by atoms with van der Waals surface area (Å²) in [5.74, 6) is -1.11. The second-order valence-corrected chi connectivity index (χ2v) is 14.8. The van der Waals surface area contributed by atoms with Gasteiger partial charge in [-0.15, -0.1) is 0 Å². The van der Waals surface area contributed by atoms with Crippen LogP contribution in [-0.2, 0) is 19.2 Å². The number of hydrogen-bond donors (Lipinski definition) is 3. The topological polar surface area (TPSA) is 135 Å². The van der Waals surface area contributed by atoms with Crippen LogP contribution < -0.4 is 20.9 Å². The first-order valence-electron chi connectivity index (χ1n) is 15.5. The molecule has 3 N–H and O–H groups in total. The fraction of sp³-hybridized carbons (Fsp3) is 0.667. The van der Waals surface area contributed by atoms with Crippen LogP contribution in [0.15, 0.2) is 24.3 Å². The van der Waals surface area contributed by atoms with E-state index in [2.05, 4.69) is 60.1 Å². The van der Waals surface area contributed by atoms with E-state index in [0.717, 1.165) is 17.7 Å². The molecule has 4 amide bonds. The molecular weight excluding hydrogens is 544 g/mol. The molecule has 0 bridgehead atoms. The van der Waals surface area contributed by atoms with Gasteiger partial charge in [-0.25, -0.2) is 0 Å². The molecule has 2 aliphatic carbocycles. The number of piperidine rings is 1. The lowest BCUT2D eigenvalue weighted by atomic mass is 9.85. The maximum absolute atomic E-state index is 14.2. The molecule has 5 rings (SSSR count). The first-order valence-corrected chi connectivity index (χ1v) is 15.5. The number of likely N-dealkylation sites (tertiary alicyclic amines) is 1. The lowest BCUT2D eigenvalue weighted by molar-refractivity contribution is -0.145. The number of nitrogens with one attached hydrogen (secondary N) is 3. The van der Waals surface area contributed by atoms with Gasteiger partial charge in [0, 0.05) is 44.7 Å². The lowest BCUT2D eigenvalue weighted by Gasteiger charge is -2.38. The van der Waals surface area contributed by atoms with Crippen LogP contribution in [0.25, 0.3) is 0 Å². The van der Waals surface area contributed by atoms with Crippen LogP contribution in [-0.4, -0.2) is 73.8 Å². The second kappa shape index (κ2) is 11.1. The smallest absolute Gasteiger partial charge is 0.246 e. The van der Waals surface area contributed by atoms with Crippen molar-refractivity contribution in [3.63, 3.8) is 0 Å². The summed E-state index contributed by atoms with van der Waals surface area (Å²) in [5.41, 5.74) is 1.53. The Balaban J connectivity index is 1.28. The van der Waals surface area contributed by atoms with Crippen molar-refractivity contribution in [2.75, 3.05) is 32.1 Å². The molecule has 43 heavy (non-hydrogen) atoms. The summed E-state index contributed by atoms with van der Waals surface area (Å²) in [6.07, 6.45) is 1.61. The normalized spacial score (nSPS) is 29.9. The Morgan fingerprint density at radius 2 is 1.81 bits per heavy atom. The van der Waals surface area contributed by atoms with Crippen LogP contribution in [0.4, 0.5) is 5.69 Å². The minimum atomic E-state index is -0.823. The third-order valence-electron chi connectivity index (χ3n) is 10.3. The molecular formula is C33H46N6O4. The van der Waals surface area contributed by atoms with Gasteiger partial charge < -0.3 is 25.8 Å². The molecule has 2 aliphatic heterocycles. The van der Waals surface area contributed by atoms with Crippen molar-refractivity contribution in [2.24, 2.45) is 34.5 Å². The summed E-state index contributed by atoms with van der Waals surface area (Å²) in [4.78, 5) is 57.2. The van der Waals surface area contributed by atoms with Crippen LogP contribution in [0.2, 0.25) is 0 Å². The number of amides is 4. The van der Waals surface area contributed by atoms with Crippen LogP contribution in [0, 0.1) is 45.8 Å². The summed E-state index contributed by atoms with van der Waals surface area (Å²) in [6, 6.07) is 8.01. The van der Waals surface area contributed by atoms with Gasteiger partial charge in [-0.2, -0.15) is 5.26 Å². The minimum Gasteiger partial charge on any atom is -0.378 e. The first kappa shape index (κ1) is 30.8. The lowest BCUT2D eigenvalue weighted by Crippen LogP contribution is -2.60. The van der Waals surface area contributed by atoms with Crippen LogP contribution in [0.1, 0.15) is 65.4 Å². The summed E-state index contributed by atoms with van der Waals surface area (Å²) >= 11 is 0. The van der Waals surface area contributed by atoms with Gasteiger partial charge >= 0.3 is 0 Å². The summed E-state index contributed by atoms with van der Waals surface area (Å²) in [7, 11) is 3.98. The molecule has 0 radical (unpaired) electrons. The van der Waals surface area contributed by atoms with E-state index in [1.807, 2.05) is 39.8 Å². The number of anilines is 1. The summed E-state index contributed by atoms with van der Waals surface area (Å²) < 4.78 is 0. The molecule has 10 nitrogen and oxygen atoms in total. The predicted octanol–water partition coefficient (Wildman–Crippen LogP) is 2.40. The van der Waals surface area contributed by atoms with Crippen LogP contribution >= 0.6 is 0 Å². The Kier molecular flexibility index (Phi) is 7.99. The number of nitriles is 1. The van der Waals surface area contributed by atoms with Gasteiger partial charge in [-0.05, 0) is 65.5 Å². The van der Waals surface area contributed by atoms with E-state index in [1.165, 1.54) is 0 Å². The standard InChI is InChI=1S/C33H46N6O4/c1-32(2,3)27(37-29(41)23-15-22(23)18-8-10-21(11-9-18)38(6)7)31(43)39-17-24-25(33(24,4)5)26(39)30(42)36-20(16-34)14-19-12-13-35-28(19)40/h8-11,19-20,22-27H,12-15,17H2,1-7H3,(H,35,40)(H,36,42)(H,37,41). The average molecular weight is 591 g/mol. The van der Waals surface area contributed by atoms with Crippen molar-refractivity contribution in [3.05, 3.63) is 29.8 Å². The van der Waals surface area contributed by atoms with Crippen molar-refractivity contribution in [2.45, 2.75) is 77.9 Å². The van der Waals surface area contributed by atoms with Gasteiger partial charge in [-0.3, -0.25) is 19.2 Å². The quantitative estimate of drug-likeness (QED) is 0.404. The van der Waals surface area contributed by atoms with Crippen molar-refractivity contribution in [1.29, 1.82) is 5.26 Å². The molecule has 10 heteroatoms. The number of nitrogens with zero attached hydrogens (tertiary/aromatic N) is 3. The molecule has 232 valence electrons. The molecule has 1 aromatic carbocycles. The van der Waals surface area contributed by atoms with E-state index in [9.17, 15) is 24.4 Å². The van der Waals surface area contributed by atoms with Gasteiger partial charge in [0.1, 0.15) is 18.1 Å². The molecule has 2 saturated heterocycles. The van der Waals surface area contributed by atoms with E-state index in [1.54, 1.807) is 4.90 Å². The molecule has 4 aliphatic rings. The monoisotopic (exact) mass is 590 g/mol. The number of rotatable bonds is 9. The molecule has 4 fully saturated rings. The maximum atomic E-state index is 14.2. The highest BCUT2D eigenvalue weighted by Gasteiger charge is 2.70. The number of fused-ring (bicyclic) bond motifs is 1. The van der Waals surface area contributed by atoms with Crippen molar-refractivity contribution in [3.8, 4) is 6.07 Å². The van der Waals surface area contributed by atoms with Crippen molar-refractivity contribution < 1.29 is 19.2 Å². The molecule has 1 aromatic rings. The van der Waals surface area contributed by atoms with Gasteiger partial charge in [0.25, 0.3) is 0 Å². The Morgan fingerprint density at radius 3 is 2.37 bits per heavy atom. The fourth-order valence-electron chi connectivity index (χ4n) is 7.31. The molecule has 0 spiro atoms. The highest BCUT2D eigenvalue weighted by molar-refractivity contribution is 5.95. The minimum absolute atomic E-state index is 0.0279. The highest BCUT2D eigenvalue weighted by Crippen LogP contribution is 2.65. The van der Waals surface area contributed by atoms with E-state index in [4.69, 9.17) is 0 Å². The van der Waals surface area contributed by atoms with E-state index in [0.29, 0.717) is 19.5 Å². The number of benzene rings is 1. The van der Waals surface area contributed by atoms with Gasteiger partial charge in [0.2, 0.25) is 23.6 Å². The van der Waals surface area contributed by atoms with Crippen molar-refractivity contribution in [1.82, 2.24) is 20.9 Å². The molecule has 0 aromatic heterocycles. The Labute approximate surface area is 254 Å². The second-order valence-electron chi connectivity index (χ2n) is 14.8. The zero-order valence-corrected chi connectivity index (χ0v) is 26.4. The average Bonchev–Trinajstić information content (AvgIpc) is 3.70. The van der Waals surface area contributed by atoms with E-state index in [-0.39, 0.29) is 65.1 Å². The summed E-state index contributed by atoms with van der Waals surface area (Å²) in [6.45, 7) is 11.0.